The van der Waals surface area contributed by atoms with Crippen molar-refractivity contribution >= 4 is 29.6 Å². The third kappa shape index (κ3) is 8.49. The van der Waals surface area contributed by atoms with Crippen LogP contribution in [0.1, 0.15) is 46.5 Å². The zero-order valence-corrected chi connectivity index (χ0v) is 20.7. The lowest BCUT2D eigenvalue weighted by Crippen LogP contribution is -2.35. The van der Waals surface area contributed by atoms with E-state index in [0.29, 0.717) is 36.3 Å². The highest BCUT2D eigenvalue weighted by molar-refractivity contribution is 6.38. The number of amides is 1. The SMILES string of the molecule is CC/C=c1/[nH]nc/c1=C/CNC(=NC)C(N=C(C)C(=O)NCC1CCCNCC1)=C(C)NC. The molecule has 9 nitrogen and oxygen atoms in total. The quantitative estimate of drug-likeness (QED) is 0.273. The fourth-order valence-corrected chi connectivity index (χ4v) is 3.67. The predicted octanol–water partition coefficient (Wildman–Crippen LogP) is 0.416. The molecule has 33 heavy (non-hydrogen) atoms. The molecule has 1 saturated heterocycles. The van der Waals surface area contributed by atoms with Crippen LogP contribution in [0.15, 0.2) is 27.6 Å². The minimum absolute atomic E-state index is 0.145. The predicted molar refractivity (Wildman–Crippen MR) is 137 cm³/mol. The van der Waals surface area contributed by atoms with Crippen LogP contribution < -0.4 is 31.8 Å². The van der Waals surface area contributed by atoms with Gasteiger partial charge < -0.3 is 21.3 Å². The number of hydrogen-bond donors (Lipinski definition) is 5. The van der Waals surface area contributed by atoms with Crippen molar-refractivity contribution in [1.29, 1.82) is 0 Å². The standard InChI is InChI=1S/C24H40N8O/c1-6-8-21-20(16-30-32-21)11-14-28-23(26-5)22(17(2)25-4)31-18(3)24(33)29-15-19-9-7-12-27-13-10-19/h8,11,16,19,25,27,32H,6-7,9-10,12-15H2,1-5H3,(H,26,28)(H,29,33)/b20-11-,21-8+,22-17?,31-18?. The number of carbonyl (C=O) groups is 1. The number of allylic oxidation sites excluding steroid dienone is 1. The van der Waals surface area contributed by atoms with Crippen molar-refractivity contribution in [3.63, 3.8) is 0 Å². The first-order valence-electron chi connectivity index (χ1n) is 11.8. The Morgan fingerprint density at radius 3 is 2.79 bits per heavy atom. The van der Waals surface area contributed by atoms with Crippen molar-refractivity contribution in [2.24, 2.45) is 15.9 Å². The zero-order valence-electron chi connectivity index (χ0n) is 20.7. The maximum Gasteiger partial charge on any atom is 0.265 e. The van der Waals surface area contributed by atoms with Gasteiger partial charge in [-0.2, -0.15) is 5.10 Å². The Morgan fingerprint density at radius 2 is 2.06 bits per heavy atom. The molecule has 0 aliphatic carbocycles. The topological polar surface area (TPSA) is 119 Å². The number of rotatable bonds is 9. The Kier molecular flexibility index (Phi) is 11.4. The molecule has 2 heterocycles. The van der Waals surface area contributed by atoms with Crippen molar-refractivity contribution in [2.45, 2.75) is 46.5 Å². The molecule has 1 aromatic rings. The fraction of sp³-hybridized carbons (Fsp3) is 0.583. The van der Waals surface area contributed by atoms with Crippen LogP contribution in [-0.4, -0.2) is 67.9 Å². The van der Waals surface area contributed by atoms with Crippen LogP contribution >= 0.6 is 0 Å². The summed E-state index contributed by atoms with van der Waals surface area (Å²) in [6, 6.07) is 0. The van der Waals surface area contributed by atoms with E-state index in [9.17, 15) is 4.79 Å². The maximum atomic E-state index is 12.7. The number of aliphatic imine (C=N–C) groups is 2. The first kappa shape index (κ1) is 26.3. The lowest BCUT2D eigenvalue weighted by Gasteiger charge is -2.15. The third-order valence-corrected chi connectivity index (χ3v) is 5.73. The van der Waals surface area contributed by atoms with Crippen molar-refractivity contribution < 1.29 is 4.79 Å². The van der Waals surface area contributed by atoms with Crippen LogP contribution in [0.25, 0.3) is 12.2 Å². The summed E-state index contributed by atoms with van der Waals surface area (Å²) in [6.07, 6.45) is 10.3. The summed E-state index contributed by atoms with van der Waals surface area (Å²) >= 11 is 0. The summed E-state index contributed by atoms with van der Waals surface area (Å²) < 4.78 is 0. The van der Waals surface area contributed by atoms with Gasteiger partial charge in [0.2, 0.25) is 0 Å². The van der Waals surface area contributed by atoms with Gasteiger partial charge in [-0.3, -0.25) is 14.9 Å². The van der Waals surface area contributed by atoms with Gasteiger partial charge in [-0.05, 0) is 58.5 Å². The van der Waals surface area contributed by atoms with Crippen molar-refractivity contribution in [3.05, 3.63) is 28.2 Å². The second-order valence-electron chi connectivity index (χ2n) is 8.19. The number of aromatic amines is 1. The number of nitrogens with one attached hydrogen (secondary N) is 5. The molecule has 2 rings (SSSR count). The number of hydrogen-bond acceptors (Lipinski definition) is 6. The van der Waals surface area contributed by atoms with Gasteiger partial charge in [-0.15, -0.1) is 0 Å². The molecule has 9 heteroatoms. The molecular weight excluding hydrogens is 416 g/mol. The Bertz CT molecular complexity index is 965. The highest BCUT2D eigenvalue weighted by Crippen LogP contribution is 2.12. The highest BCUT2D eigenvalue weighted by Gasteiger charge is 2.16. The van der Waals surface area contributed by atoms with Gasteiger partial charge >= 0.3 is 0 Å². The molecule has 0 saturated carbocycles. The van der Waals surface area contributed by atoms with Gasteiger partial charge in [-0.1, -0.05) is 19.1 Å². The van der Waals surface area contributed by atoms with Crippen LogP contribution in [0.2, 0.25) is 0 Å². The van der Waals surface area contributed by atoms with Crippen molar-refractivity contribution in [1.82, 2.24) is 31.5 Å². The maximum absolute atomic E-state index is 12.7. The molecule has 1 fully saturated rings. The van der Waals surface area contributed by atoms with Crippen LogP contribution in [0.4, 0.5) is 0 Å². The summed E-state index contributed by atoms with van der Waals surface area (Å²) in [5, 5.41) is 22.1. The second-order valence-corrected chi connectivity index (χ2v) is 8.19. The average Bonchev–Trinajstić information content (AvgIpc) is 3.09. The average molecular weight is 457 g/mol. The number of H-pyrrole nitrogens is 1. The number of amidine groups is 1. The molecule has 1 aromatic heterocycles. The molecule has 0 aromatic carbocycles. The third-order valence-electron chi connectivity index (χ3n) is 5.73. The van der Waals surface area contributed by atoms with E-state index in [2.05, 4.69) is 54.4 Å². The molecule has 1 aliphatic heterocycles. The molecule has 0 bridgehead atoms. The van der Waals surface area contributed by atoms with Crippen LogP contribution in [-0.2, 0) is 4.79 Å². The number of carbonyl (C=O) groups excluding carboxylic acids is 1. The number of nitrogens with zero attached hydrogens (tertiary/aromatic N) is 3. The van der Waals surface area contributed by atoms with Gasteiger partial charge in [0.25, 0.3) is 5.91 Å². The molecule has 182 valence electrons. The molecule has 1 aliphatic rings. The summed E-state index contributed by atoms with van der Waals surface area (Å²) in [5.74, 6) is 0.979. The molecule has 1 atom stereocenters. The molecule has 0 radical (unpaired) electrons. The van der Waals surface area contributed by atoms with Gasteiger partial charge in [0.15, 0.2) is 0 Å². The van der Waals surface area contributed by atoms with Crippen LogP contribution in [0.5, 0.6) is 0 Å². The second kappa shape index (κ2) is 14.3. The van der Waals surface area contributed by atoms with Gasteiger partial charge in [0, 0.05) is 38.1 Å². The summed E-state index contributed by atoms with van der Waals surface area (Å²) in [4.78, 5) is 21.7. The molecule has 0 spiro atoms. The molecule has 1 unspecified atom stereocenters. The first-order valence-corrected chi connectivity index (χ1v) is 11.8. The molecule has 1 amide bonds. The Balaban J connectivity index is 2.09. The van der Waals surface area contributed by atoms with Gasteiger partial charge in [0.05, 0.1) is 11.5 Å². The van der Waals surface area contributed by atoms with E-state index in [0.717, 1.165) is 55.0 Å². The van der Waals surface area contributed by atoms with E-state index in [1.807, 2.05) is 20.0 Å². The van der Waals surface area contributed by atoms with Crippen molar-refractivity contribution in [2.75, 3.05) is 40.3 Å². The lowest BCUT2D eigenvalue weighted by molar-refractivity contribution is -0.115. The fourth-order valence-electron chi connectivity index (χ4n) is 3.67. The van der Waals surface area contributed by atoms with E-state index in [-0.39, 0.29) is 5.91 Å². The van der Waals surface area contributed by atoms with E-state index >= 15 is 0 Å². The minimum atomic E-state index is -0.145. The molecular formula is C24H40N8O. The minimum Gasteiger partial charge on any atom is -0.390 e. The van der Waals surface area contributed by atoms with E-state index < -0.39 is 0 Å². The van der Waals surface area contributed by atoms with E-state index in [1.54, 1.807) is 20.2 Å². The monoisotopic (exact) mass is 456 g/mol. The summed E-state index contributed by atoms with van der Waals surface area (Å²) in [5.41, 5.74) is 1.86. The Hall–Kier alpha value is -2.94. The summed E-state index contributed by atoms with van der Waals surface area (Å²) in [7, 11) is 3.54. The zero-order chi connectivity index (χ0) is 24.1. The van der Waals surface area contributed by atoms with Crippen LogP contribution in [0, 0.1) is 5.92 Å². The first-order chi connectivity index (χ1) is 16.0. The normalized spacial score (nSPS) is 19.7. The van der Waals surface area contributed by atoms with Gasteiger partial charge in [0.1, 0.15) is 17.2 Å². The summed E-state index contributed by atoms with van der Waals surface area (Å²) in [6.45, 7) is 9.05. The van der Waals surface area contributed by atoms with Crippen molar-refractivity contribution in [3.8, 4) is 0 Å². The van der Waals surface area contributed by atoms with E-state index in [1.165, 1.54) is 0 Å². The largest absolute Gasteiger partial charge is 0.390 e. The lowest BCUT2D eigenvalue weighted by atomic mass is 10.0. The van der Waals surface area contributed by atoms with E-state index in [4.69, 9.17) is 0 Å². The Labute approximate surface area is 197 Å². The highest BCUT2D eigenvalue weighted by atomic mass is 16.1. The smallest absolute Gasteiger partial charge is 0.265 e. The molecule has 5 N–H and O–H groups in total. The number of aromatic nitrogens is 2. The Morgan fingerprint density at radius 1 is 1.24 bits per heavy atom. The van der Waals surface area contributed by atoms with Gasteiger partial charge in [-0.25, -0.2) is 4.99 Å². The van der Waals surface area contributed by atoms with Crippen LogP contribution in [0.3, 0.4) is 0 Å².